The fraction of sp³-hybridized carbons (Fsp3) is 0.444. The van der Waals surface area contributed by atoms with Crippen LogP contribution < -0.4 is 0 Å². The predicted octanol–water partition coefficient (Wildman–Crippen LogP) is 6.17. The Balaban J connectivity index is 1.34. The molecule has 4 saturated carbocycles. The first-order chi connectivity index (χ1) is 14.0. The van der Waals surface area contributed by atoms with Gasteiger partial charge in [0.1, 0.15) is 0 Å². The molecule has 0 radical (unpaired) electrons. The lowest BCUT2D eigenvalue weighted by atomic mass is 9.39. The minimum Gasteiger partial charge on any atom is -0.462 e. The second-order valence-electron chi connectivity index (χ2n) is 10.3. The lowest BCUT2D eigenvalue weighted by molar-refractivity contribution is -0.163. The molecule has 2 aromatic rings. The van der Waals surface area contributed by atoms with Crippen LogP contribution in [0.2, 0.25) is 0 Å². The Morgan fingerprint density at radius 3 is 2.41 bits per heavy atom. The van der Waals surface area contributed by atoms with Crippen molar-refractivity contribution < 1.29 is 9.53 Å². The van der Waals surface area contributed by atoms with Gasteiger partial charge in [0.05, 0.1) is 6.61 Å². The van der Waals surface area contributed by atoms with Crippen LogP contribution >= 0.6 is 0 Å². The van der Waals surface area contributed by atoms with Crippen molar-refractivity contribution in [1.82, 2.24) is 0 Å². The second kappa shape index (κ2) is 6.86. The molecule has 4 aliphatic carbocycles. The molecule has 4 atom stereocenters. The van der Waals surface area contributed by atoms with E-state index in [-0.39, 0.29) is 16.8 Å². The van der Waals surface area contributed by atoms with Crippen LogP contribution in [0.5, 0.6) is 0 Å². The summed E-state index contributed by atoms with van der Waals surface area (Å²) in [6, 6.07) is 21.0. The molecule has 0 N–H and O–H groups in total. The summed E-state index contributed by atoms with van der Waals surface area (Å²) in [5, 5.41) is 0. The van der Waals surface area contributed by atoms with Crippen LogP contribution in [0.3, 0.4) is 0 Å². The molecule has 0 saturated heterocycles. The fourth-order valence-electron chi connectivity index (χ4n) is 7.41. The van der Waals surface area contributed by atoms with Crippen LogP contribution in [0, 0.1) is 16.7 Å². The maximum absolute atomic E-state index is 12.4. The summed E-state index contributed by atoms with van der Waals surface area (Å²) in [5.74, 6) is 0.540. The van der Waals surface area contributed by atoms with Crippen molar-refractivity contribution in [1.29, 1.82) is 0 Å². The fourth-order valence-corrected chi connectivity index (χ4v) is 7.41. The smallest absolute Gasteiger partial charge is 0.330 e. The van der Waals surface area contributed by atoms with Gasteiger partial charge in [-0.15, -0.1) is 0 Å². The Morgan fingerprint density at radius 1 is 0.966 bits per heavy atom. The third-order valence-corrected chi connectivity index (χ3v) is 7.58. The van der Waals surface area contributed by atoms with E-state index in [0.29, 0.717) is 12.0 Å². The monoisotopic (exact) mass is 386 g/mol. The van der Waals surface area contributed by atoms with Crippen molar-refractivity contribution in [3.05, 3.63) is 77.9 Å². The summed E-state index contributed by atoms with van der Waals surface area (Å²) >= 11 is 0. The van der Waals surface area contributed by atoms with Crippen LogP contribution in [0.25, 0.3) is 6.08 Å². The van der Waals surface area contributed by atoms with E-state index >= 15 is 0 Å². The first kappa shape index (κ1) is 18.7. The number of rotatable bonds is 5. The third kappa shape index (κ3) is 3.54. The SMILES string of the molecule is C[C@@]12C[C@H]3C[C@@](COC(=O)/C=C\c4ccccc4)(C1)C[C@@](c1ccccc1)(C3)C2. The van der Waals surface area contributed by atoms with Crippen LogP contribution in [-0.4, -0.2) is 12.6 Å². The maximum atomic E-state index is 12.4. The van der Waals surface area contributed by atoms with E-state index in [2.05, 4.69) is 37.3 Å². The van der Waals surface area contributed by atoms with Crippen LogP contribution in [0.1, 0.15) is 56.6 Å². The number of benzene rings is 2. The van der Waals surface area contributed by atoms with Gasteiger partial charge < -0.3 is 4.74 Å². The molecular weight excluding hydrogens is 356 g/mol. The summed E-state index contributed by atoms with van der Waals surface area (Å²) < 4.78 is 5.85. The van der Waals surface area contributed by atoms with Crippen molar-refractivity contribution in [2.24, 2.45) is 16.7 Å². The van der Waals surface area contributed by atoms with Gasteiger partial charge in [0.2, 0.25) is 0 Å². The highest BCUT2D eigenvalue weighted by molar-refractivity contribution is 5.87. The highest BCUT2D eigenvalue weighted by Gasteiger charge is 2.62. The van der Waals surface area contributed by atoms with Gasteiger partial charge in [-0.1, -0.05) is 67.6 Å². The predicted molar refractivity (Wildman–Crippen MR) is 116 cm³/mol. The van der Waals surface area contributed by atoms with Crippen molar-refractivity contribution in [3.63, 3.8) is 0 Å². The van der Waals surface area contributed by atoms with Gasteiger partial charge in [-0.05, 0) is 72.5 Å². The molecule has 2 nitrogen and oxygen atoms in total. The summed E-state index contributed by atoms with van der Waals surface area (Å²) in [6.07, 6.45) is 10.9. The van der Waals surface area contributed by atoms with Gasteiger partial charge in [-0.25, -0.2) is 4.79 Å². The molecule has 4 aliphatic rings. The summed E-state index contributed by atoms with van der Waals surface area (Å²) in [7, 11) is 0. The third-order valence-electron chi connectivity index (χ3n) is 7.58. The molecule has 0 unspecified atom stereocenters. The van der Waals surface area contributed by atoms with Crippen molar-refractivity contribution >= 4 is 12.0 Å². The molecular formula is C27H30O2. The van der Waals surface area contributed by atoms with Gasteiger partial charge >= 0.3 is 5.97 Å². The van der Waals surface area contributed by atoms with Crippen molar-refractivity contribution in [2.45, 2.75) is 50.9 Å². The summed E-state index contributed by atoms with van der Waals surface area (Å²) in [5.41, 5.74) is 3.30. The minimum absolute atomic E-state index is 0.139. The normalized spacial score (nSPS) is 35.1. The lowest BCUT2D eigenvalue weighted by Gasteiger charge is -2.66. The largest absolute Gasteiger partial charge is 0.462 e. The van der Waals surface area contributed by atoms with Gasteiger partial charge in [0.15, 0.2) is 0 Å². The lowest BCUT2D eigenvalue weighted by Crippen LogP contribution is -2.59. The van der Waals surface area contributed by atoms with Gasteiger partial charge in [0, 0.05) is 11.5 Å². The summed E-state index contributed by atoms with van der Waals surface area (Å²) in [4.78, 5) is 12.4. The number of carbonyl (C=O) groups excluding carboxylic acids is 1. The zero-order valence-electron chi connectivity index (χ0n) is 17.3. The molecule has 150 valence electrons. The zero-order chi connectivity index (χ0) is 20.0. The van der Waals surface area contributed by atoms with Crippen LogP contribution in [0.4, 0.5) is 0 Å². The van der Waals surface area contributed by atoms with E-state index in [1.807, 2.05) is 36.4 Å². The highest BCUT2D eigenvalue weighted by atomic mass is 16.5. The second-order valence-corrected chi connectivity index (χ2v) is 10.3. The maximum Gasteiger partial charge on any atom is 0.330 e. The Labute approximate surface area is 174 Å². The molecule has 0 heterocycles. The number of carbonyl (C=O) groups is 1. The molecule has 29 heavy (non-hydrogen) atoms. The molecule has 4 fully saturated rings. The van der Waals surface area contributed by atoms with Crippen molar-refractivity contribution in [2.75, 3.05) is 6.61 Å². The van der Waals surface area contributed by atoms with E-state index in [1.54, 1.807) is 6.08 Å². The average Bonchev–Trinajstić information content (AvgIpc) is 2.70. The highest BCUT2D eigenvalue weighted by Crippen LogP contribution is 2.70. The first-order valence-electron chi connectivity index (χ1n) is 10.9. The Bertz CT molecular complexity index is 918. The molecule has 0 aromatic heterocycles. The molecule has 0 aliphatic heterocycles. The van der Waals surface area contributed by atoms with Gasteiger partial charge in [0.25, 0.3) is 0 Å². The zero-order valence-corrected chi connectivity index (χ0v) is 17.3. The molecule has 2 aromatic carbocycles. The van der Waals surface area contributed by atoms with Crippen LogP contribution in [-0.2, 0) is 14.9 Å². The molecule has 4 bridgehead atoms. The number of ether oxygens (including phenoxy) is 1. The molecule has 2 heteroatoms. The van der Waals surface area contributed by atoms with E-state index in [9.17, 15) is 4.79 Å². The minimum atomic E-state index is -0.219. The van der Waals surface area contributed by atoms with Crippen molar-refractivity contribution in [3.8, 4) is 0 Å². The van der Waals surface area contributed by atoms with Gasteiger partial charge in [-0.3, -0.25) is 0 Å². The first-order valence-corrected chi connectivity index (χ1v) is 10.9. The molecule has 0 amide bonds. The van der Waals surface area contributed by atoms with E-state index in [0.717, 1.165) is 17.9 Å². The number of hydrogen-bond donors (Lipinski definition) is 0. The standard InChI is InChI=1S/C27H30O2/c1-25-14-22-15-26(17-25,19-27(16-22,18-25)23-10-6-3-7-11-23)20-29-24(28)13-12-21-8-4-2-5-9-21/h2-13,22H,14-20H2,1H3/b13-12-/t22-,25+,26+,27+/m0/s1. The van der Waals surface area contributed by atoms with E-state index < -0.39 is 0 Å². The quantitative estimate of drug-likeness (QED) is 0.454. The Morgan fingerprint density at radius 2 is 1.69 bits per heavy atom. The topological polar surface area (TPSA) is 26.3 Å². The van der Waals surface area contributed by atoms with Crippen LogP contribution in [0.15, 0.2) is 66.7 Å². The number of esters is 1. The Kier molecular flexibility index (Phi) is 4.42. The van der Waals surface area contributed by atoms with E-state index in [4.69, 9.17) is 4.74 Å². The summed E-state index contributed by atoms with van der Waals surface area (Å²) in [6.45, 7) is 3.03. The number of hydrogen-bond acceptors (Lipinski definition) is 2. The Hall–Kier alpha value is -2.35. The van der Waals surface area contributed by atoms with Gasteiger partial charge in [-0.2, -0.15) is 0 Å². The average molecular weight is 387 g/mol. The molecule has 6 rings (SSSR count). The van der Waals surface area contributed by atoms with E-state index in [1.165, 1.54) is 37.7 Å². The molecule has 0 spiro atoms.